The summed E-state index contributed by atoms with van der Waals surface area (Å²) in [5.41, 5.74) is 1.38. The second-order valence-electron chi connectivity index (χ2n) is 3.34. The second-order valence-corrected chi connectivity index (χ2v) is 5.43. The van der Waals surface area contributed by atoms with Gasteiger partial charge in [-0.05, 0) is 23.9 Å². The molecule has 0 aliphatic carbocycles. The largest absolute Gasteiger partial charge is 0.311 e. The highest BCUT2D eigenvalue weighted by Gasteiger charge is 1.99. The van der Waals surface area contributed by atoms with Crippen molar-refractivity contribution in [1.29, 1.82) is 0 Å². The van der Waals surface area contributed by atoms with Crippen LogP contribution in [0, 0.1) is 6.92 Å². The van der Waals surface area contributed by atoms with Gasteiger partial charge in [0.05, 0.1) is 0 Å². The van der Waals surface area contributed by atoms with Gasteiger partial charge in [-0.1, -0.05) is 11.8 Å². The molecule has 16 heavy (non-hydrogen) atoms. The molecule has 2 heterocycles. The first kappa shape index (κ1) is 11.6. The van der Waals surface area contributed by atoms with Gasteiger partial charge in [-0.3, -0.25) is 5.10 Å². The van der Waals surface area contributed by atoms with Gasteiger partial charge in [0.2, 0.25) is 0 Å². The molecule has 86 valence electrons. The first-order valence-corrected chi connectivity index (χ1v) is 6.94. The summed E-state index contributed by atoms with van der Waals surface area (Å²) >= 11 is 3.49. The van der Waals surface area contributed by atoms with Gasteiger partial charge in [0, 0.05) is 23.7 Å². The van der Waals surface area contributed by atoms with Crippen molar-refractivity contribution >= 4 is 23.1 Å². The molecule has 0 atom stereocenters. The number of nitrogens with zero attached hydrogens (tertiary/aromatic N) is 2. The lowest BCUT2D eigenvalue weighted by atomic mass is 10.3. The molecule has 0 amide bonds. The molecule has 0 saturated carbocycles. The second kappa shape index (κ2) is 6.03. The van der Waals surface area contributed by atoms with Crippen LogP contribution in [0.15, 0.2) is 22.9 Å². The summed E-state index contributed by atoms with van der Waals surface area (Å²) in [4.78, 5) is 5.47. The molecular weight excluding hydrogens is 240 g/mol. The molecule has 0 spiro atoms. The predicted molar refractivity (Wildman–Crippen MR) is 67.9 cm³/mol. The van der Waals surface area contributed by atoms with Crippen LogP contribution in [0.1, 0.15) is 10.4 Å². The first-order chi connectivity index (χ1) is 7.86. The molecule has 0 aromatic carbocycles. The lowest BCUT2D eigenvalue weighted by Gasteiger charge is -2.02. The van der Waals surface area contributed by atoms with E-state index in [9.17, 15) is 0 Å². The quantitative estimate of drug-likeness (QED) is 0.612. The van der Waals surface area contributed by atoms with E-state index < -0.39 is 0 Å². The van der Waals surface area contributed by atoms with E-state index in [0.717, 1.165) is 24.0 Å². The van der Waals surface area contributed by atoms with Gasteiger partial charge >= 0.3 is 0 Å². The summed E-state index contributed by atoms with van der Waals surface area (Å²) in [6.45, 7) is 4.08. The summed E-state index contributed by atoms with van der Waals surface area (Å²) in [7, 11) is 0. The van der Waals surface area contributed by atoms with Crippen LogP contribution in [0.25, 0.3) is 0 Å². The lowest BCUT2D eigenvalue weighted by Crippen LogP contribution is -2.16. The van der Waals surface area contributed by atoms with Crippen molar-refractivity contribution in [3.8, 4) is 0 Å². The molecular formula is C10H14N4S2. The van der Waals surface area contributed by atoms with Crippen LogP contribution in [-0.4, -0.2) is 27.5 Å². The van der Waals surface area contributed by atoms with E-state index in [1.807, 2.05) is 11.3 Å². The number of aromatic amines is 1. The molecule has 2 aromatic rings. The number of thioether (sulfide) groups is 1. The molecule has 0 fully saturated rings. The minimum absolute atomic E-state index is 0.883. The van der Waals surface area contributed by atoms with Crippen molar-refractivity contribution in [2.75, 3.05) is 12.3 Å². The number of aromatic nitrogens is 3. The van der Waals surface area contributed by atoms with Crippen LogP contribution in [-0.2, 0) is 6.54 Å². The Morgan fingerprint density at radius 1 is 1.56 bits per heavy atom. The van der Waals surface area contributed by atoms with Crippen LogP contribution in [0.4, 0.5) is 0 Å². The topological polar surface area (TPSA) is 53.6 Å². The third-order valence-electron chi connectivity index (χ3n) is 2.16. The van der Waals surface area contributed by atoms with E-state index in [1.54, 1.807) is 11.8 Å². The minimum Gasteiger partial charge on any atom is -0.311 e. The van der Waals surface area contributed by atoms with Crippen molar-refractivity contribution in [2.24, 2.45) is 0 Å². The van der Waals surface area contributed by atoms with Crippen LogP contribution in [0.5, 0.6) is 0 Å². The van der Waals surface area contributed by atoms with Gasteiger partial charge in [0.15, 0.2) is 5.16 Å². The standard InChI is InChI=1S/C10H14N4S2/c1-8-2-4-15-9(8)6-11-3-5-16-10-12-7-13-14-10/h2,4,7,11H,3,5-6H2,1H3,(H,12,13,14). The van der Waals surface area contributed by atoms with E-state index >= 15 is 0 Å². The maximum atomic E-state index is 4.05. The zero-order chi connectivity index (χ0) is 11.2. The van der Waals surface area contributed by atoms with Crippen molar-refractivity contribution in [3.05, 3.63) is 28.2 Å². The first-order valence-electron chi connectivity index (χ1n) is 5.08. The Morgan fingerprint density at radius 2 is 2.50 bits per heavy atom. The monoisotopic (exact) mass is 254 g/mol. The fourth-order valence-electron chi connectivity index (χ4n) is 1.27. The fraction of sp³-hybridized carbons (Fsp3) is 0.400. The fourth-order valence-corrected chi connectivity index (χ4v) is 2.83. The van der Waals surface area contributed by atoms with Crippen molar-refractivity contribution in [2.45, 2.75) is 18.6 Å². The van der Waals surface area contributed by atoms with Crippen LogP contribution < -0.4 is 5.32 Å². The third kappa shape index (κ3) is 3.33. The van der Waals surface area contributed by atoms with Crippen molar-refractivity contribution in [3.63, 3.8) is 0 Å². The number of thiophene rings is 1. The van der Waals surface area contributed by atoms with Crippen molar-refractivity contribution in [1.82, 2.24) is 20.5 Å². The minimum atomic E-state index is 0.883. The predicted octanol–water partition coefficient (Wildman–Crippen LogP) is 2.06. The zero-order valence-electron chi connectivity index (χ0n) is 9.06. The number of H-pyrrole nitrogens is 1. The van der Waals surface area contributed by atoms with Crippen LogP contribution in [0.2, 0.25) is 0 Å². The maximum absolute atomic E-state index is 4.05. The van der Waals surface area contributed by atoms with Gasteiger partial charge < -0.3 is 5.32 Å². The summed E-state index contributed by atoms with van der Waals surface area (Å²) < 4.78 is 0. The smallest absolute Gasteiger partial charge is 0.183 e. The molecule has 2 rings (SSSR count). The number of hydrogen-bond acceptors (Lipinski definition) is 5. The van der Waals surface area contributed by atoms with E-state index in [1.165, 1.54) is 16.8 Å². The van der Waals surface area contributed by atoms with Gasteiger partial charge in [-0.25, -0.2) is 4.98 Å². The summed E-state index contributed by atoms with van der Waals surface area (Å²) in [5.74, 6) is 1.000. The maximum Gasteiger partial charge on any atom is 0.183 e. The number of rotatable bonds is 6. The molecule has 2 N–H and O–H groups in total. The van der Waals surface area contributed by atoms with E-state index in [0.29, 0.717) is 0 Å². The molecule has 0 aliphatic rings. The Balaban J connectivity index is 1.61. The molecule has 0 aliphatic heterocycles. The molecule has 0 bridgehead atoms. The molecule has 0 radical (unpaired) electrons. The SMILES string of the molecule is Cc1ccsc1CNCCSc1ncn[nH]1. The van der Waals surface area contributed by atoms with Gasteiger partial charge in [-0.15, -0.1) is 11.3 Å². The summed E-state index contributed by atoms with van der Waals surface area (Å²) in [6.07, 6.45) is 1.53. The highest BCUT2D eigenvalue weighted by molar-refractivity contribution is 7.99. The molecule has 0 saturated heterocycles. The Morgan fingerprint density at radius 3 is 3.19 bits per heavy atom. The van der Waals surface area contributed by atoms with E-state index in [2.05, 4.69) is 38.9 Å². The lowest BCUT2D eigenvalue weighted by molar-refractivity contribution is 0.737. The normalized spacial score (nSPS) is 10.8. The Hall–Kier alpha value is -0.850. The highest BCUT2D eigenvalue weighted by atomic mass is 32.2. The summed E-state index contributed by atoms with van der Waals surface area (Å²) in [6, 6.07) is 2.16. The van der Waals surface area contributed by atoms with Crippen LogP contribution >= 0.6 is 23.1 Å². The number of hydrogen-bond donors (Lipinski definition) is 2. The summed E-state index contributed by atoms with van der Waals surface area (Å²) in [5, 5.41) is 13.1. The van der Waals surface area contributed by atoms with E-state index in [-0.39, 0.29) is 0 Å². The zero-order valence-corrected chi connectivity index (χ0v) is 10.7. The molecule has 0 unspecified atom stereocenters. The molecule has 6 heteroatoms. The Labute approximate surface area is 103 Å². The van der Waals surface area contributed by atoms with Crippen molar-refractivity contribution < 1.29 is 0 Å². The molecule has 4 nitrogen and oxygen atoms in total. The number of aryl methyl sites for hydroxylation is 1. The highest BCUT2D eigenvalue weighted by Crippen LogP contribution is 2.15. The van der Waals surface area contributed by atoms with Crippen LogP contribution in [0.3, 0.4) is 0 Å². The Kier molecular flexibility index (Phi) is 4.38. The molecule has 2 aromatic heterocycles. The average Bonchev–Trinajstić information content (AvgIpc) is 2.90. The van der Waals surface area contributed by atoms with Gasteiger partial charge in [0.25, 0.3) is 0 Å². The van der Waals surface area contributed by atoms with Gasteiger partial charge in [0.1, 0.15) is 6.33 Å². The third-order valence-corrected chi connectivity index (χ3v) is 4.07. The Bertz CT molecular complexity index is 410. The average molecular weight is 254 g/mol. The van der Waals surface area contributed by atoms with E-state index in [4.69, 9.17) is 0 Å². The number of nitrogens with one attached hydrogen (secondary N) is 2. The van der Waals surface area contributed by atoms with Gasteiger partial charge in [-0.2, -0.15) is 5.10 Å².